The van der Waals surface area contributed by atoms with Gasteiger partial charge in [-0.25, -0.2) is 0 Å². The molecule has 40 heavy (non-hydrogen) atoms. The van der Waals surface area contributed by atoms with Gasteiger partial charge in [-0.3, -0.25) is 34.2 Å². The fraction of sp³-hybridized carbons (Fsp3) is 0.393. The molecule has 2 saturated heterocycles. The Hall–Kier alpha value is -4.22. The molecule has 0 spiro atoms. The van der Waals surface area contributed by atoms with E-state index >= 15 is 0 Å². The number of carbonyl (C=O) groups excluding carboxylic acids is 5. The van der Waals surface area contributed by atoms with E-state index in [2.05, 4.69) is 10.6 Å². The molecule has 2 aromatic rings. The number of halogens is 3. The first kappa shape index (κ1) is 27.4. The van der Waals surface area contributed by atoms with Gasteiger partial charge in [-0.05, 0) is 55.0 Å². The van der Waals surface area contributed by atoms with Crippen molar-refractivity contribution in [2.24, 2.45) is 5.41 Å². The minimum Gasteiger partial charge on any atom is -0.371 e. The predicted octanol–water partition coefficient (Wildman–Crippen LogP) is 3.14. The van der Waals surface area contributed by atoms with Crippen molar-refractivity contribution < 1.29 is 37.1 Å². The number of benzene rings is 2. The highest BCUT2D eigenvalue weighted by Gasteiger charge is 2.46. The highest BCUT2D eigenvalue weighted by molar-refractivity contribution is 6.25. The quantitative estimate of drug-likeness (QED) is 0.547. The van der Waals surface area contributed by atoms with E-state index in [9.17, 15) is 37.1 Å². The van der Waals surface area contributed by atoms with E-state index in [1.165, 1.54) is 12.1 Å². The van der Waals surface area contributed by atoms with Gasteiger partial charge in [0, 0.05) is 31.6 Å². The largest absolute Gasteiger partial charge is 0.416 e. The van der Waals surface area contributed by atoms with Crippen LogP contribution >= 0.6 is 0 Å². The van der Waals surface area contributed by atoms with E-state index in [0.717, 1.165) is 17.0 Å². The highest BCUT2D eigenvalue weighted by Crippen LogP contribution is 2.38. The van der Waals surface area contributed by atoms with Gasteiger partial charge in [0.1, 0.15) is 6.04 Å². The Morgan fingerprint density at radius 1 is 1.05 bits per heavy atom. The third-order valence-corrected chi connectivity index (χ3v) is 7.89. The molecule has 0 aliphatic carbocycles. The summed E-state index contributed by atoms with van der Waals surface area (Å²) in [5.41, 5.74) is -0.309. The molecule has 2 N–H and O–H groups in total. The van der Waals surface area contributed by atoms with Crippen LogP contribution < -0.4 is 15.5 Å². The zero-order valence-electron chi connectivity index (χ0n) is 21.6. The SMILES string of the molecule is CC1(CNC(=O)c2cccc(C(F)(F)F)c2)CCN(c2cccc3c2C(=O)N(C2CCC(=O)NC2=O)C3=O)CC1. The summed E-state index contributed by atoms with van der Waals surface area (Å²) in [6.45, 7) is 3.24. The molecule has 3 aliphatic heterocycles. The minimum absolute atomic E-state index is 0.0334. The van der Waals surface area contributed by atoms with E-state index in [-0.39, 0.29) is 41.5 Å². The van der Waals surface area contributed by atoms with Crippen molar-refractivity contribution in [3.8, 4) is 0 Å². The number of hydrogen-bond acceptors (Lipinski definition) is 6. The third-order valence-electron chi connectivity index (χ3n) is 7.89. The van der Waals surface area contributed by atoms with Crippen LogP contribution in [0.4, 0.5) is 18.9 Å². The van der Waals surface area contributed by atoms with Gasteiger partial charge in [-0.15, -0.1) is 0 Å². The summed E-state index contributed by atoms with van der Waals surface area (Å²) < 4.78 is 39.0. The summed E-state index contributed by atoms with van der Waals surface area (Å²) >= 11 is 0. The second-order valence-corrected chi connectivity index (χ2v) is 10.7. The van der Waals surface area contributed by atoms with Crippen molar-refractivity contribution in [2.75, 3.05) is 24.5 Å². The smallest absolute Gasteiger partial charge is 0.371 e. The van der Waals surface area contributed by atoms with Crippen LogP contribution in [-0.4, -0.2) is 60.1 Å². The normalized spacial score (nSPS) is 20.9. The van der Waals surface area contributed by atoms with E-state index in [4.69, 9.17) is 0 Å². The zero-order valence-corrected chi connectivity index (χ0v) is 21.6. The van der Waals surface area contributed by atoms with Crippen LogP contribution in [0.2, 0.25) is 0 Å². The molecule has 5 amide bonds. The van der Waals surface area contributed by atoms with Crippen LogP contribution in [0.1, 0.15) is 69.2 Å². The number of alkyl halides is 3. The lowest BCUT2D eigenvalue weighted by atomic mass is 9.80. The Kier molecular flexibility index (Phi) is 6.89. The lowest BCUT2D eigenvalue weighted by Gasteiger charge is -2.41. The van der Waals surface area contributed by atoms with Crippen molar-refractivity contribution in [3.63, 3.8) is 0 Å². The number of hydrogen-bond donors (Lipinski definition) is 2. The topological polar surface area (TPSA) is 116 Å². The lowest BCUT2D eigenvalue weighted by molar-refractivity contribution is -0.138. The summed E-state index contributed by atoms with van der Waals surface area (Å²) in [6, 6.07) is 8.19. The Labute approximate surface area is 227 Å². The first-order valence-electron chi connectivity index (χ1n) is 12.9. The van der Waals surface area contributed by atoms with Crippen LogP contribution in [-0.2, 0) is 15.8 Å². The Balaban J connectivity index is 1.25. The maximum atomic E-state index is 13.4. The fourth-order valence-electron chi connectivity index (χ4n) is 5.46. The second-order valence-electron chi connectivity index (χ2n) is 10.7. The molecule has 0 radical (unpaired) electrons. The maximum Gasteiger partial charge on any atom is 0.416 e. The molecule has 3 heterocycles. The molecule has 0 bridgehead atoms. The average Bonchev–Trinajstić information content (AvgIpc) is 3.17. The molecule has 0 saturated carbocycles. The van der Waals surface area contributed by atoms with Gasteiger partial charge in [0.25, 0.3) is 17.7 Å². The number of rotatable bonds is 5. The van der Waals surface area contributed by atoms with Gasteiger partial charge in [0.05, 0.1) is 22.4 Å². The van der Waals surface area contributed by atoms with Crippen molar-refractivity contribution in [1.82, 2.24) is 15.5 Å². The Bertz CT molecular complexity index is 1410. The molecular formula is C28H27F3N4O5. The Morgan fingerprint density at radius 2 is 1.75 bits per heavy atom. The number of nitrogens with zero attached hydrogens (tertiary/aromatic N) is 2. The monoisotopic (exact) mass is 556 g/mol. The lowest BCUT2D eigenvalue weighted by Crippen LogP contribution is -2.54. The summed E-state index contributed by atoms with van der Waals surface area (Å²) in [6.07, 6.45) is -3.22. The third kappa shape index (κ3) is 5.05. The minimum atomic E-state index is -4.54. The molecule has 2 fully saturated rings. The first-order chi connectivity index (χ1) is 18.9. The molecule has 3 aliphatic rings. The standard InChI is InChI=1S/C28H27F3N4O5/c1-27(15-32-23(37)16-4-2-5-17(14-16)28(29,30)31)10-12-34(13-11-27)19-7-3-6-18-22(19)26(40)35(25(18)39)20-8-9-21(36)33-24(20)38/h2-7,14,20H,8-13,15H2,1H3,(H,32,37)(H,33,36,38). The van der Waals surface area contributed by atoms with Gasteiger partial charge >= 0.3 is 6.18 Å². The number of anilines is 1. The summed E-state index contributed by atoms with van der Waals surface area (Å²) in [5.74, 6) is -2.86. The fourth-order valence-corrected chi connectivity index (χ4v) is 5.46. The molecule has 12 heteroatoms. The van der Waals surface area contributed by atoms with Crippen molar-refractivity contribution >= 4 is 35.2 Å². The summed E-state index contributed by atoms with van der Waals surface area (Å²) in [5, 5.41) is 4.94. The van der Waals surface area contributed by atoms with E-state index < -0.39 is 47.3 Å². The van der Waals surface area contributed by atoms with Gasteiger partial charge in [0.15, 0.2) is 0 Å². The van der Waals surface area contributed by atoms with Crippen LogP contribution in [0.5, 0.6) is 0 Å². The van der Waals surface area contributed by atoms with Gasteiger partial charge in [-0.2, -0.15) is 13.2 Å². The Morgan fingerprint density at radius 3 is 2.42 bits per heavy atom. The van der Waals surface area contributed by atoms with Crippen LogP contribution in [0.25, 0.3) is 0 Å². The van der Waals surface area contributed by atoms with Crippen molar-refractivity contribution in [2.45, 2.75) is 44.8 Å². The number of piperidine rings is 2. The van der Waals surface area contributed by atoms with Gasteiger partial charge < -0.3 is 10.2 Å². The molecule has 0 aromatic heterocycles. The molecule has 2 aromatic carbocycles. The average molecular weight is 557 g/mol. The van der Waals surface area contributed by atoms with Gasteiger partial charge in [-0.1, -0.05) is 19.1 Å². The first-order valence-corrected chi connectivity index (χ1v) is 12.9. The molecular weight excluding hydrogens is 529 g/mol. The number of imide groups is 2. The van der Waals surface area contributed by atoms with E-state index in [0.29, 0.717) is 31.6 Å². The van der Waals surface area contributed by atoms with Crippen LogP contribution in [0, 0.1) is 5.41 Å². The maximum absolute atomic E-state index is 13.4. The summed E-state index contributed by atoms with van der Waals surface area (Å²) in [7, 11) is 0. The molecule has 1 atom stereocenters. The highest BCUT2D eigenvalue weighted by atomic mass is 19.4. The molecule has 1 unspecified atom stereocenters. The van der Waals surface area contributed by atoms with Crippen LogP contribution in [0.3, 0.4) is 0 Å². The number of carbonyl (C=O) groups is 5. The second kappa shape index (κ2) is 10.1. The predicted molar refractivity (Wildman–Crippen MR) is 136 cm³/mol. The van der Waals surface area contributed by atoms with Gasteiger partial charge in [0.2, 0.25) is 11.8 Å². The van der Waals surface area contributed by atoms with E-state index in [1.54, 1.807) is 18.2 Å². The van der Waals surface area contributed by atoms with Crippen molar-refractivity contribution in [3.05, 3.63) is 64.7 Å². The zero-order chi connectivity index (χ0) is 28.8. The molecule has 9 nitrogen and oxygen atoms in total. The molecule has 5 rings (SSSR count). The van der Waals surface area contributed by atoms with Crippen molar-refractivity contribution in [1.29, 1.82) is 0 Å². The number of fused-ring (bicyclic) bond motifs is 1. The van der Waals surface area contributed by atoms with E-state index in [1.807, 2.05) is 11.8 Å². The number of nitrogens with one attached hydrogen (secondary N) is 2. The number of amides is 5. The molecule has 210 valence electrons. The van der Waals surface area contributed by atoms with Crippen LogP contribution in [0.15, 0.2) is 42.5 Å². The summed E-state index contributed by atoms with van der Waals surface area (Å²) in [4.78, 5) is 66.0.